The first-order valence-corrected chi connectivity index (χ1v) is 6.99. The van der Waals surface area contributed by atoms with E-state index in [9.17, 15) is 0 Å². The lowest BCUT2D eigenvalue weighted by Gasteiger charge is -2.00. The molecule has 92 valence electrons. The minimum absolute atomic E-state index is 0.855. The van der Waals surface area contributed by atoms with Gasteiger partial charge in [-0.25, -0.2) is 9.97 Å². The lowest BCUT2D eigenvalue weighted by atomic mass is 10.1. The summed E-state index contributed by atoms with van der Waals surface area (Å²) in [6.07, 6.45) is 8.64. The zero-order chi connectivity index (χ0) is 12.4. The van der Waals surface area contributed by atoms with Crippen LogP contribution in [0.2, 0.25) is 0 Å². The van der Waals surface area contributed by atoms with E-state index in [2.05, 4.69) is 26.9 Å². The van der Waals surface area contributed by atoms with Crippen molar-refractivity contribution in [3.05, 3.63) is 29.5 Å². The number of rotatable bonds is 4. The Morgan fingerprint density at radius 2 is 2.06 bits per heavy atom. The second-order valence-electron chi connectivity index (χ2n) is 4.17. The Hall–Kier alpha value is -1.75. The molecule has 1 N–H and O–H groups in total. The van der Waals surface area contributed by atoms with Crippen molar-refractivity contribution in [3.8, 4) is 10.7 Å². The lowest BCUT2D eigenvalue weighted by molar-refractivity contribution is 0.798. The van der Waals surface area contributed by atoms with Crippen LogP contribution in [-0.2, 0) is 6.42 Å². The first-order valence-electron chi connectivity index (χ1n) is 6.11. The molecule has 0 radical (unpaired) electrons. The van der Waals surface area contributed by atoms with Crippen LogP contribution in [0.25, 0.3) is 21.9 Å². The number of nitrogens with zero attached hydrogens (tertiary/aromatic N) is 3. The molecular weight excluding hydrogens is 244 g/mol. The van der Waals surface area contributed by atoms with E-state index in [1.807, 2.05) is 11.6 Å². The van der Waals surface area contributed by atoms with Gasteiger partial charge >= 0.3 is 0 Å². The van der Waals surface area contributed by atoms with Gasteiger partial charge in [-0.2, -0.15) is 0 Å². The smallest absolute Gasteiger partial charge is 0.156 e. The zero-order valence-electron chi connectivity index (χ0n) is 10.2. The fourth-order valence-corrected chi connectivity index (χ4v) is 2.75. The van der Waals surface area contributed by atoms with Crippen LogP contribution in [0.1, 0.15) is 25.3 Å². The van der Waals surface area contributed by atoms with E-state index in [1.54, 1.807) is 23.7 Å². The first kappa shape index (κ1) is 11.3. The van der Waals surface area contributed by atoms with Gasteiger partial charge in [0.1, 0.15) is 10.5 Å². The summed E-state index contributed by atoms with van der Waals surface area (Å²) in [4.78, 5) is 16.5. The maximum atomic E-state index is 4.45. The number of thiazole rings is 1. The number of aromatic amines is 1. The molecule has 5 heteroatoms. The molecule has 0 fully saturated rings. The van der Waals surface area contributed by atoms with Crippen molar-refractivity contribution >= 4 is 22.5 Å². The Kier molecular flexibility index (Phi) is 3.06. The molecule has 4 nitrogen and oxygen atoms in total. The third-order valence-electron chi connectivity index (χ3n) is 2.96. The summed E-state index contributed by atoms with van der Waals surface area (Å²) in [5.74, 6) is 0. The summed E-state index contributed by atoms with van der Waals surface area (Å²) in [6.45, 7) is 2.20. The molecule has 0 atom stereocenters. The highest BCUT2D eigenvalue weighted by atomic mass is 32.1. The van der Waals surface area contributed by atoms with Gasteiger partial charge in [-0.15, -0.1) is 11.3 Å². The number of hydrogen-bond acceptors (Lipinski definition) is 4. The van der Waals surface area contributed by atoms with Gasteiger partial charge < -0.3 is 4.98 Å². The van der Waals surface area contributed by atoms with E-state index in [1.165, 1.54) is 12.0 Å². The van der Waals surface area contributed by atoms with Gasteiger partial charge in [0.15, 0.2) is 5.65 Å². The average molecular weight is 258 g/mol. The number of nitrogens with one attached hydrogen (secondary N) is 1. The molecule has 0 saturated heterocycles. The lowest BCUT2D eigenvalue weighted by Crippen LogP contribution is -1.88. The van der Waals surface area contributed by atoms with E-state index < -0.39 is 0 Å². The highest BCUT2D eigenvalue weighted by molar-refractivity contribution is 7.13. The van der Waals surface area contributed by atoms with Crippen molar-refractivity contribution in [3.63, 3.8) is 0 Å². The van der Waals surface area contributed by atoms with Gasteiger partial charge in [0.2, 0.25) is 0 Å². The minimum atomic E-state index is 0.855. The molecule has 0 bridgehead atoms. The monoisotopic (exact) mass is 258 g/mol. The third-order valence-corrected chi connectivity index (χ3v) is 3.75. The largest absolute Gasteiger partial charge is 0.336 e. The van der Waals surface area contributed by atoms with Crippen LogP contribution in [0.5, 0.6) is 0 Å². The van der Waals surface area contributed by atoms with Gasteiger partial charge in [0.05, 0.1) is 5.69 Å². The SMILES string of the molecule is CCCCc1c(-c2nccs2)[nH]c2nccnc12. The molecule has 0 aliphatic carbocycles. The van der Waals surface area contributed by atoms with E-state index >= 15 is 0 Å². The second kappa shape index (κ2) is 4.86. The maximum Gasteiger partial charge on any atom is 0.156 e. The van der Waals surface area contributed by atoms with Gasteiger partial charge in [0.25, 0.3) is 0 Å². The normalized spacial score (nSPS) is 11.2. The first-order chi connectivity index (χ1) is 8.90. The topological polar surface area (TPSA) is 54.5 Å². The second-order valence-corrected chi connectivity index (χ2v) is 5.07. The van der Waals surface area contributed by atoms with E-state index in [0.717, 1.165) is 34.7 Å². The van der Waals surface area contributed by atoms with Crippen molar-refractivity contribution in [1.82, 2.24) is 19.9 Å². The number of hydrogen-bond donors (Lipinski definition) is 1. The number of fused-ring (bicyclic) bond motifs is 1. The summed E-state index contributed by atoms with van der Waals surface area (Å²) in [6, 6.07) is 0. The van der Waals surface area contributed by atoms with Crippen molar-refractivity contribution in [2.75, 3.05) is 0 Å². The summed E-state index contributed by atoms with van der Waals surface area (Å²) in [5.41, 5.74) is 4.17. The fourth-order valence-electron chi connectivity index (χ4n) is 2.09. The highest BCUT2D eigenvalue weighted by Crippen LogP contribution is 2.30. The minimum Gasteiger partial charge on any atom is -0.336 e. The molecule has 0 aliphatic heterocycles. The van der Waals surface area contributed by atoms with Crippen molar-refractivity contribution < 1.29 is 0 Å². The van der Waals surface area contributed by atoms with E-state index in [-0.39, 0.29) is 0 Å². The van der Waals surface area contributed by atoms with Crippen LogP contribution in [0.3, 0.4) is 0 Å². The van der Waals surface area contributed by atoms with E-state index in [4.69, 9.17) is 0 Å². The molecular formula is C13H14N4S. The van der Waals surface area contributed by atoms with E-state index in [0.29, 0.717) is 0 Å². The third kappa shape index (κ3) is 1.90. The average Bonchev–Trinajstić information content (AvgIpc) is 3.03. The molecule has 3 rings (SSSR count). The number of aryl methyl sites for hydroxylation is 1. The number of H-pyrrole nitrogens is 1. The Labute approximate surface area is 109 Å². The van der Waals surface area contributed by atoms with Gasteiger partial charge in [-0.05, 0) is 12.8 Å². The van der Waals surface area contributed by atoms with Crippen LogP contribution >= 0.6 is 11.3 Å². The van der Waals surface area contributed by atoms with Gasteiger partial charge in [-0.3, -0.25) is 4.98 Å². The quantitative estimate of drug-likeness (QED) is 0.780. The number of aromatic nitrogens is 4. The molecule has 3 heterocycles. The van der Waals surface area contributed by atoms with Crippen LogP contribution in [0.4, 0.5) is 0 Å². The predicted octanol–water partition coefficient (Wildman–Crippen LogP) is 3.42. The predicted molar refractivity (Wildman–Crippen MR) is 73.6 cm³/mol. The Morgan fingerprint density at radius 3 is 2.83 bits per heavy atom. The Morgan fingerprint density at radius 1 is 1.17 bits per heavy atom. The van der Waals surface area contributed by atoms with Gasteiger partial charge in [0, 0.05) is 29.5 Å². The summed E-state index contributed by atoms with van der Waals surface area (Å²) in [7, 11) is 0. The maximum absolute atomic E-state index is 4.45. The zero-order valence-corrected chi connectivity index (χ0v) is 11.0. The summed E-state index contributed by atoms with van der Waals surface area (Å²) < 4.78 is 0. The molecule has 0 saturated carbocycles. The summed E-state index contributed by atoms with van der Waals surface area (Å²) in [5, 5.41) is 3.01. The van der Waals surface area contributed by atoms with Crippen LogP contribution < -0.4 is 0 Å². The molecule has 0 spiro atoms. The Balaban J connectivity index is 2.17. The van der Waals surface area contributed by atoms with Crippen LogP contribution in [-0.4, -0.2) is 19.9 Å². The molecule has 3 aromatic rings. The molecule has 0 aromatic carbocycles. The van der Waals surface area contributed by atoms with Crippen molar-refractivity contribution in [2.24, 2.45) is 0 Å². The van der Waals surface area contributed by atoms with Crippen LogP contribution in [0.15, 0.2) is 24.0 Å². The standard InChI is InChI=1S/C13H14N4S/c1-2-3-4-9-10-12(15-6-5-14-10)17-11(9)13-16-7-8-18-13/h5-8H,2-4H2,1H3,(H,15,17). The van der Waals surface area contributed by atoms with Crippen molar-refractivity contribution in [2.45, 2.75) is 26.2 Å². The summed E-state index contributed by atoms with van der Waals surface area (Å²) >= 11 is 1.64. The molecule has 0 aliphatic rings. The van der Waals surface area contributed by atoms with Gasteiger partial charge in [-0.1, -0.05) is 13.3 Å². The number of unbranched alkanes of at least 4 members (excludes halogenated alkanes) is 1. The Bertz CT molecular complexity index is 642. The molecule has 0 unspecified atom stereocenters. The molecule has 0 amide bonds. The van der Waals surface area contributed by atoms with Crippen molar-refractivity contribution in [1.29, 1.82) is 0 Å². The highest BCUT2D eigenvalue weighted by Gasteiger charge is 2.15. The fraction of sp³-hybridized carbons (Fsp3) is 0.308. The van der Waals surface area contributed by atoms with Crippen LogP contribution in [0, 0.1) is 0 Å². The molecule has 3 aromatic heterocycles. The molecule has 18 heavy (non-hydrogen) atoms.